The average Bonchev–Trinajstić information content (AvgIpc) is 3.15. The standard InChI is InChI=1S/C21H17N3O3/c1-12-19(13-3-6-15(25-2)7-4-13)20(16(10-22)21(23)24-12)14-5-8-17-18(9-14)27-11-26-17/h3-9H,11H2,1-2H3,(H2,23,24). The molecule has 1 aromatic heterocycles. The van der Waals surface area contributed by atoms with Gasteiger partial charge in [0.05, 0.1) is 7.11 Å². The van der Waals surface area contributed by atoms with E-state index in [-0.39, 0.29) is 12.6 Å². The fraction of sp³-hybridized carbons (Fsp3) is 0.143. The number of benzene rings is 2. The SMILES string of the molecule is COc1ccc(-c2c(C)nc(N)c(C#N)c2-c2ccc3c(c2)OCO3)cc1. The van der Waals surface area contributed by atoms with E-state index < -0.39 is 0 Å². The Balaban J connectivity index is 2.00. The van der Waals surface area contributed by atoms with Crippen LogP contribution in [-0.4, -0.2) is 18.9 Å². The molecule has 2 heterocycles. The van der Waals surface area contributed by atoms with Gasteiger partial charge in [0.25, 0.3) is 0 Å². The lowest BCUT2D eigenvalue weighted by molar-refractivity contribution is 0.174. The highest BCUT2D eigenvalue weighted by molar-refractivity contribution is 5.91. The summed E-state index contributed by atoms with van der Waals surface area (Å²) in [4.78, 5) is 4.39. The minimum atomic E-state index is 0.187. The second-order valence-corrected chi connectivity index (χ2v) is 6.12. The Morgan fingerprint density at radius 3 is 2.44 bits per heavy atom. The number of rotatable bonds is 3. The number of hydrogen-bond acceptors (Lipinski definition) is 6. The van der Waals surface area contributed by atoms with Gasteiger partial charge in [-0.2, -0.15) is 5.26 Å². The van der Waals surface area contributed by atoms with Gasteiger partial charge in [-0.25, -0.2) is 4.98 Å². The molecule has 6 heteroatoms. The van der Waals surface area contributed by atoms with Crippen molar-refractivity contribution in [2.45, 2.75) is 6.92 Å². The molecule has 0 spiro atoms. The molecule has 0 amide bonds. The first-order chi connectivity index (χ1) is 13.1. The number of nitrogens with zero attached hydrogens (tertiary/aromatic N) is 2. The van der Waals surface area contributed by atoms with E-state index in [4.69, 9.17) is 19.9 Å². The number of nitriles is 1. The van der Waals surface area contributed by atoms with Crippen LogP contribution >= 0.6 is 0 Å². The molecule has 134 valence electrons. The van der Waals surface area contributed by atoms with E-state index in [9.17, 15) is 5.26 Å². The van der Waals surface area contributed by atoms with Crippen molar-refractivity contribution >= 4 is 5.82 Å². The molecule has 0 unspecified atom stereocenters. The summed E-state index contributed by atoms with van der Waals surface area (Å²) in [5, 5.41) is 9.75. The molecule has 0 aliphatic carbocycles. The molecule has 2 aromatic carbocycles. The molecule has 6 nitrogen and oxygen atoms in total. The van der Waals surface area contributed by atoms with Crippen LogP contribution in [0.25, 0.3) is 22.3 Å². The summed E-state index contributed by atoms with van der Waals surface area (Å²) in [5.74, 6) is 2.29. The molecule has 0 saturated carbocycles. The lowest BCUT2D eigenvalue weighted by Crippen LogP contribution is -2.03. The van der Waals surface area contributed by atoms with E-state index in [1.807, 2.05) is 49.4 Å². The largest absolute Gasteiger partial charge is 0.497 e. The van der Waals surface area contributed by atoms with E-state index in [0.717, 1.165) is 33.7 Å². The number of anilines is 1. The topological polar surface area (TPSA) is 90.4 Å². The number of hydrogen-bond donors (Lipinski definition) is 1. The maximum absolute atomic E-state index is 9.75. The van der Waals surface area contributed by atoms with Gasteiger partial charge in [0, 0.05) is 16.8 Å². The zero-order valence-corrected chi connectivity index (χ0v) is 14.9. The van der Waals surface area contributed by atoms with Crippen LogP contribution in [-0.2, 0) is 0 Å². The first-order valence-electron chi connectivity index (χ1n) is 8.37. The van der Waals surface area contributed by atoms with Gasteiger partial charge in [-0.05, 0) is 42.3 Å². The highest BCUT2D eigenvalue weighted by Gasteiger charge is 2.22. The predicted molar refractivity (Wildman–Crippen MR) is 102 cm³/mol. The predicted octanol–water partition coefficient (Wildman–Crippen LogP) is 3.92. The van der Waals surface area contributed by atoms with Gasteiger partial charge in [0.2, 0.25) is 6.79 Å². The van der Waals surface area contributed by atoms with Gasteiger partial charge in [-0.1, -0.05) is 18.2 Å². The Morgan fingerprint density at radius 2 is 1.74 bits per heavy atom. The smallest absolute Gasteiger partial charge is 0.231 e. The molecule has 0 bridgehead atoms. The van der Waals surface area contributed by atoms with E-state index in [0.29, 0.717) is 17.1 Å². The molecule has 0 fully saturated rings. The van der Waals surface area contributed by atoms with E-state index in [2.05, 4.69) is 11.1 Å². The average molecular weight is 359 g/mol. The van der Waals surface area contributed by atoms with Crippen molar-refractivity contribution in [2.24, 2.45) is 0 Å². The lowest BCUT2D eigenvalue weighted by Gasteiger charge is -2.17. The van der Waals surface area contributed by atoms with Crippen molar-refractivity contribution in [1.29, 1.82) is 5.26 Å². The number of aromatic nitrogens is 1. The molecule has 3 aromatic rings. The van der Waals surface area contributed by atoms with Crippen LogP contribution in [0.4, 0.5) is 5.82 Å². The van der Waals surface area contributed by atoms with Crippen LogP contribution in [0.1, 0.15) is 11.3 Å². The number of ether oxygens (including phenoxy) is 3. The third-order valence-electron chi connectivity index (χ3n) is 4.56. The lowest BCUT2D eigenvalue weighted by atomic mass is 9.90. The summed E-state index contributed by atoms with van der Waals surface area (Å²) >= 11 is 0. The molecule has 27 heavy (non-hydrogen) atoms. The van der Waals surface area contributed by atoms with Crippen molar-refractivity contribution in [3.05, 3.63) is 53.7 Å². The Morgan fingerprint density at radius 1 is 1.04 bits per heavy atom. The van der Waals surface area contributed by atoms with Gasteiger partial charge in [0.15, 0.2) is 11.5 Å². The fourth-order valence-corrected chi connectivity index (χ4v) is 3.29. The van der Waals surface area contributed by atoms with Crippen LogP contribution < -0.4 is 19.9 Å². The van der Waals surface area contributed by atoms with Crippen molar-refractivity contribution in [3.8, 4) is 45.6 Å². The quantitative estimate of drug-likeness (QED) is 0.762. The van der Waals surface area contributed by atoms with Gasteiger partial charge in [-0.15, -0.1) is 0 Å². The number of fused-ring (bicyclic) bond motifs is 1. The minimum Gasteiger partial charge on any atom is -0.497 e. The molecular weight excluding hydrogens is 342 g/mol. The number of methoxy groups -OCH3 is 1. The molecule has 1 aliphatic heterocycles. The molecule has 4 rings (SSSR count). The summed E-state index contributed by atoms with van der Waals surface area (Å²) in [5.41, 5.74) is 10.5. The molecule has 2 N–H and O–H groups in total. The van der Waals surface area contributed by atoms with E-state index in [1.54, 1.807) is 7.11 Å². The zero-order valence-electron chi connectivity index (χ0n) is 14.9. The zero-order chi connectivity index (χ0) is 19.0. The third-order valence-corrected chi connectivity index (χ3v) is 4.56. The first kappa shape index (κ1) is 16.7. The normalized spacial score (nSPS) is 11.9. The Labute approximate surface area is 156 Å². The van der Waals surface area contributed by atoms with Crippen LogP contribution in [0, 0.1) is 18.3 Å². The van der Waals surface area contributed by atoms with Crippen LogP contribution in [0.15, 0.2) is 42.5 Å². The second-order valence-electron chi connectivity index (χ2n) is 6.12. The van der Waals surface area contributed by atoms with Gasteiger partial charge in [0.1, 0.15) is 23.2 Å². The van der Waals surface area contributed by atoms with Gasteiger partial charge in [-0.3, -0.25) is 0 Å². The highest BCUT2D eigenvalue weighted by atomic mass is 16.7. The van der Waals surface area contributed by atoms with Crippen molar-refractivity contribution in [3.63, 3.8) is 0 Å². The summed E-state index contributed by atoms with van der Waals surface area (Å²) in [6.45, 7) is 2.07. The van der Waals surface area contributed by atoms with Crippen molar-refractivity contribution in [1.82, 2.24) is 4.98 Å². The summed E-state index contributed by atoms with van der Waals surface area (Å²) in [7, 11) is 1.62. The molecule has 0 atom stereocenters. The number of pyridine rings is 1. The van der Waals surface area contributed by atoms with Crippen molar-refractivity contribution < 1.29 is 14.2 Å². The molecule has 1 aliphatic rings. The first-order valence-corrected chi connectivity index (χ1v) is 8.37. The van der Waals surface area contributed by atoms with E-state index in [1.165, 1.54) is 0 Å². The van der Waals surface area contributed by atoms with Gasteiger partial charge < -0.3 is 19.9 Å². The Hall–Kier alpha value is -3.72. The molecule has 0 saturated heterocycles. The summed E-state index contributed by atoms with van der Waals surface area (Å²) in [6, 6.07) is 15.4. The van der Waals surface area contributed by atoms with Crippen LogP contribution in [0.2, 0.25) is 0 Å². The number of nitrogen functional groups attached to an aromatic ring is 1. The number of aryl methyl sites for hydroxylation is 1. The van der Waals surface area contributed by atoms with Gasteiger partial charge >= 0.3 is 0 Å². The van der Waals surface area contributed by atoms with E-state index >= 15 is 0 Å². The molecular formula is C21H17N3O3. The Kier molecular flexibility index (Phi) is 4.05. The highest BCUT2D eigenvalue weighted by Crippen LogP contribution is 2.42. The summed E-state index contributed by atoms with van der Waals surface area (Å²) < 4.78 is 16.1. The number of nitrogens with two attached hydrogens (primary N) is 1. The Bertz CT molecular complexity index is 1070. The molecule has 0 radical (unpaired) electrons. The monoisotopic (exact) mass is 359 g/mol. The maximum atomic E-state index is 9.75. The maximum Gasteiger partial charge on any atom is 0.231 e. The third kappa shape index (κ3) is 2.79. The van der Waals surface area contributed by atoms with Crippen molar-refractivity contribution in [2.75, 3.05) is 19.6 Å². The minimum absolute atomic E-state index is 0.187. The van der Waals surface area contributed by atoms with Crippen LogP contribution in [0.5, 0.6) is 17.2 Å². The fourth-order valence-electron chi connectivity index (χ4n) is 3.29. The summed E-state index contributed by atoms with van der Waals surface area (Å²) in [6.07, 6.45) is 0. The second kappa shape index (κ2) is 6.54. The van der Waals surface area contributed by atoms with Crippen LogP contribution in [0.3, 0.4) is 0 Å².